The number of benzene rings is 1. The number of amides is 1. The van der Waals surface area contributed by atoms with Gasteiger partial charge in [-0.1, -0.05) is 24.3 Å². The summed E-state index contributed by atoms with van der Waals surface area (Å²) >= 11 is 0. The van der Waals surface area contributed by atoms with Crippen LogP contribution in [0.15, 0.2) is 24.3 Å². The minimum absolute atomic E-state index is 0.0253. The lowest BCUT2D eigenvalue weighted by Gasteiger charge is -2.40. The molecule has 1 aromatic carbocycles. The molecule has 0 bridgehead atoms. The fourth-order valence-electron chi connectivity index (χ4n) is 3.06. The van der Waals surface area contributed by atoms with E-state index < -0.39 is 11.7 Å². The molecule has 0 spiro atoms. The first-order valence-corrected chi connectivity index (χ1v) is 7.43. The molecule has 5 heteroatoms. The highest BCUT2D eigenvalue weighted by molar-refractivity contribution is 5.78. The Morgan fingerprint density at radius 3 is 2.52 bits per heavy atom. The average molecular weight is 290 g/mol. The van der Waals surface area contributed by atoms with E-state index in [1.54, 1.807) is 11.8 Å². The first-order valence-electron chi connectivity index (χ1n) is 7.43. The summed E-state index contributed by atoms with van der Waals surface area (Å²) in [6, 6.07) is 8.24. The number of piperidine rings is 1. The maximum atomic E-state index is 12.4. The van der Waals surface area contributed by atoms with Gasteiger partial charge in [0.2, 0.25) is 5.91 Å². The van der Waals surface area contributed by atoms with Gasteiger partial charge < -0.3 is 15.1 Å². The molecular weight excluding hydrogens is 268 g/mol. The molecule has 5 nitrogen and oxygen atoms in total. The van der Waals surface area contributed by atoms with Crippen LogP contribution in [0, 0.1) is 0 Å². The van der Waals surface area contributed by atoms with Gasteiger partial charge in [-0.15, -0.1) is 0 Å². The van der Waals surface area contributed by atoms with Gasteiger partial charge in [-0.3, -0.25) is 9.69 Å². The van der Waals surface area contributed by atoms with Crippen LogP contribution in [-0.2, 0) is 17.9 Å². The van der Waals surface area contributed by atoms with Crippen LogP contribution in [0.1, 0.15) is 24.5 Å². The lowest BCUT2D eigenvalue weighted by atomic mass is 9.91. The topological polar surface area (TPSA) is 64.0 Å². The molecule has 114 valence electrons. The Balaban J connectivity index is 1.57. The summed E-state index contributed by atoms with van der Waals surface area (Å²) in [7, 11) is 0. The van der Waals surface area contributed by atoms with Crippen LogP contribution >= 0.6 is 0 Å². The summed E-state index contributed by atoms with van der Waals surface area (Å²) in [6.45, 7) is 4.31. The molecule has 1 amide bonds. The number of hydrogen-bond acceptors (Lipinski definition) is 4. The van der Waals surface area contributed by atoms with Gasteiger partial charge in [-0.05, 0) is 24.5 Å². The zero-order valence-corrected chi connectivity index (χ0v) is 12.3. The summed E-state index contributed by atoms with van der Waals surface area (Å²) in [6.07, 6.45) is -0.453. The van der Waals surface area contributed by atoms with Crippen molar-refractivity contribution < 1.29 is 15.0 Å². The zero-order chi connectivity index (χ0) is 15.0. The van der Waals surface area contributed by atoms with Crippen molar-refractivity contribution in [3.05, 3.63) is 35.4 Å². The van der Waals surface area contributed by atoms with Gasteiger partial charge in [0.25, 0.3) is 0 Å². The molecule has 2 aliphatic rings. The van der Waals surface area contributed by atoms with Crippen molar-refractivity contribution in [3.8, 4) is 0 Å². The highest BCUT2D eigenvalue weighted by atomic mass is 16.3. The number of nitrogens with zero attached hydrogens (tertiary/aromatic N) is 2. The molecule has 0 aliphatic carbocycles. The predicted octanol–water partition coefficient (Wildman–Crippen LogP) is 0.346. The van der Waals surface area contributed by atoms with E-state index in [1.807, 2.05) is 12.1 Å². The third-order valence-electron chi connectivity index (χ3n) is 4.62. The number of fused-ring (bicyclic) bond motifs is 1. The number of aliphatic hydroxyl groups is 2. The third kappa shape index (κ3) is 2.95. The van der Waals surface area contributed by atoms with Crippen LogP contribution < -0.4 is 0 Å². The van der Waals surface area contributed by atoms with Crippen molar-refractivity contribution in [2.45, 2.75) is 38.1 Å². The Morgan fingerprint density at radius 2 is 1.95 bits per heavy atom. The van der Waals surface area contributed by atoms with Crippen LogP contribution in [0.4, 0.5) is 0 Å². The molecule has 2 aliphatic heterocycles. The molecule has 0 aromatic heterocycles. The number of β-amino-alcohol motifs (C(OH)–C–C–N with tert-alkyl or cyclic N) is 1. The zero-order valence-electron chi connectivity index (χ0n) is 12.3. The first kappa shape index (κ1) is 14.5. The van der Waals surface area contributed by atoms with Crippen molar-refractivity contribution in [3.63, 3.8) is 0 Å². The summed E-state index contributed by atoms with van der Waals surface area (Å²) in [5.74, 6) is 0.0253. The van der Waals surface area contributed by atoms with Gasteiger partial charge in [0.15, 0.2) is 0 Å². The lowest BCUT2D eigenvalue weighted by molar-refractivity contribution is -0.147. The minimum Gasteiger partial charge on any atom is -0.388 e. The molecule has 0 unspecified atom stereocenters. The Kier molecular flexibility index (Phi) is 3.73. The van der Waals surface area contributed by atoms with E-state index in [-0.39, 0.29) is 12.5 Å². The minimum atomic E-state index is -1.08. The smallest absolute Gasteiger partial charge is 0.236 e. The largest absolute Gasteiger partial charge is 0.388 e. The van der Waals surface area contributed by atoms with Crippen LogP contribution in [-0.4, -0.2) is 57.3 Å². The maximum Gasteiger partial charge on any atom is 0.236 e. The number of hydrogen-bond donors (Lipinski definition) is 2. The normalized spacial score (nSPS) is 29.5. The summed E-state index contributed by atoms with van der Waals surface area (Å²) in [4.78, 5) is 16.1. The maximum absolute atomic E-state index is 12.4. The molecule has 3 rings (SSSR count). The predicted molar refractivity (Wildman–Crippen MR) is 78.4 cm³/mol. The van der Waals surface area contributed by atoms with Gasteiger partial charge in [-0.25, -0.2) is 0 Å². The molecule has 21 heavy (non-hydrogen) atoms. The van der Waals surface area contributed by atoms with Crippen LogP contribution in [0.5, 0.6) is 0 Å². The van der Waals surface area contributed by atoms with Gasteiger partial charge >= 0.3 is 0 Å². The summed E-state index contributed by atoms with van der Waals surface area (Å²) in [5.41, 5.74) is 1.49. The molecule has 2 heterocycles. The molecule has 0 radical (unpaired) electrons. The van der Waals surface area contributed by atoms with Gasteiger partial charge in [0.05, 0.1) is 18.2 Å². The second kappa shape index (κ2) is 5.40. The van der Waals surface area contributed by atoms with Gasteiger partial charge in [0, 0.05) is 26.2 Å². The van der Waals surface area contributed by atoms with Crippen LogP contribution in [0.2, 0.25) is 0 Å². The highest BCUT2D eigenvalue weighted by Gasteiger charge is 2.38. The second-order valence-electron chi connectivity index (χ2n) is 6.38. The van der Waals surface area contributed by atoms with E-state index in [2.05, 4.69) is 17.0 Å². The van der Waals surface area contributed by atoms with Crippen molar-refractivity contribution in [2.75, 3.05) is 19.6 Å². The number of carbonyl (C=O) groups excluding carboxylic acids is 1. The Bertz CT molecular complexity index is 519. The standard InChI is InChI=1S/C16H22N2O3/c1-16(21)6-7-18(10-14(16)19)15(20)11-17-8-12-4-2-3-5-13(12)9-17/h2-5,14,19,21H,6-11H2,1H3/t14-,16+/m0/s1. The quantitative estimate of drug-likeness (QED) is 0.825. The fourth-order valence-corrected chi connectivity index (χ4v) is 3.06. The SMILES string of the molecule is C[C@@]1(O)CCN(C(=O)CN2Cc3ccccc3C2)C[C@@H]1O. The van der Waals surface area contributed by atoms with E-state index >= 15 is 0 Å². The Labute approximate surface area is 124 Å². The first-order chi connectivity index (χ1) is 9.95. The molecule has 1 saturated heterocycles. The molecule has 2 N–H and O–H groups in total. The number of rotatable bonds is 2. The summed E-state index contributed by atoms with van der Waals surface area (Å²) in [5, 5.41) is 19.8. The highest BCUT2D eigenvalue weighted by Crippen LogP contribution is 2.24. The fraction of sp³-hybridized carbons (Fsp3) is 0.562. The van der Waals surface area contributed by atoms with Crippen molar-refractivity contribution >= 4 is 5.91 Å². The molecule has 1 aromatic rings. The van der Waals surface area contributed by atoms with E-state index in [9.17, 15) is 15.0 Å². The van der Waals surface area contributed by atoms with Crippen molar-refractivity contribution in [1.82, 2.24) is 9.80 Å². The van der Waals surface area contributed by atoms with E-state index in [4.69, 9.17) is 0 Å². The number of carbonyl (C=O) groups is 1. The number of likely N-dealkylation sites (tertiary alicyclic amines) is 1. The van der Waals surface area contributed by atoms with E-state index in [1.165, 1.54) is 11.1 Å². The average Bonchev–Trinajstić information content (AvgIpc) is 2.83. The number of aliphatic hydroxyl groups excluding tert-OH is 1. The lowest BCUT2D eigenvalue weighted by Crippen LogP contribution is -2.56. The van der Waals surface area contributed by atoms with Crippen molar-refractivity contribution in [2.24, 2.45) is 0 Å². The van der Waals surface area contributed by atoms with E-state index in [0.717, 1.165) is 13.1 Å². The molecular formula is C16H22N2O3. The van der Waals surface area contributed by atoms with E-state index in [0.29, 0.717) is 19.5 Å². The Hall–Kier alpha value is -1.43. The molecule has 2 atom stereocenters. The monoisotopic (exact) mass is 290 g/mol. The third-order valence-corrected chi connectivity index (χ3v) is 4.62. The van der Waals surface area contributed by atoms with Crippen molar-refractivity contribution in [1.29, 1.82) is 0 Å². The van der Waals surface area contributed by atoms with Gasteiger partial charge in [0.1, 0.15) is 0 Å². The molecule has 1 fully saturated rings. The van der Waals surface area contributed by atoms with Crippen LogP contribution in [0.25, 0.3) is 0 Å². The van der Waals surface area contributed by atoms with Crippen LogP contribution in [0.3, 0.4) is 0 Å². The second-order valence-corrected chi connectivity index (χ2v) is 6.38. The summed E-state index contributed by atoms with van der Waals surface area (Å²) < 4.78 is 0. The Morgan fingerprint density at radius 1 is 1.33 bits per heavy atom. The molecule has 0 saturated carbocycles. The van der Waals surface area contributed by atoms with Gasteiger partial charge in [-0.2, -0.15) is 0 Å².